The molecule has 0 spiro atoms. The summed E-state index contributed by atoms with van der Waals surface area (Å²) in [6.07, 6.45) is 9.13. The van der Waals surface area contributed by atoms with E-state index in [1.54, 1.807) is 13.0 Å². The first-order valence-electron chi connectivity index (χ1n) is 11.4. The molecule has 5 heteroatoms. The van der Waals surface area contributed by atoms with Crippen LogP contribution in [0.4, 0.5) is 0 Å². The van der Waals surface area contributed by atoms with Gasteiger partial charge in [0.1, 0.15) is 11.9 Å². The molecule has 0 bridgehead atoms. The van der Waals surface area contributed by atoms with Crippen LogP contribution in [0.25, 0.3) is 0 Å². The van der Waals surface area contributed by atoms with Crippen LogP contribution in [0.3, 0.4) is 0 Å². The van der Waals surface area contributed by atoms with Crippen molar-refractivity contribution in [2.75, 3.05) is 0 Å². The van der Waals surface area contributed by atoms with Gasteiger partial charge in [-0.25, -0.2) is 4.79 Å². The van der Waals surface area contributed by atoms with Crippen LogP contribution in [-0.4, -0.2) is 39.6 Å². The number of aliphatic hydroxyl groups is 2. The lowest BCUT2D eigenvalue weighted by Gasteiger charge is -2.23. The minimum absolute atomic E-state index is 0.0538. The maximum atomic E-state index is 11.5. The summed E-state index contributed by atoms with van der Waals surface area (Å²) in [7, 11) is 0. The van der Waals surface area contributed by atoms with Crippen molar-refractivity contribution in [2.24, 2.45) is 17.8 Å². The van der Waals surface area contributed by atoms with Gasteiger partial charge in [0, 0.05) is 23.8 Å². The van der Waals surface area contributed by atoms with Crippen LogP contribution in [-0.2, 0) is 6.42 Å². The molecule has 1 aromatic carbocycles. The van der Waals surface area contributed by atoms with Gasteiger partial charge in [-0.1, -0.05) is 51.3 Å². The van der Waals surface area contributed by atoms with Crippen molar-refractivity contribution in [1.29, 1.82) is 0 Å². The average Bonchev–Trinajstić information content (AvgIpc) is 2.88. The van der Waals surface area contributed by atoms with Gasteiger partial charge in [-0.05, 0) is 43.7 Å². The fraction of sp³-hybridized carbons (Fsp3) is 0.640. The summed E-state index contributed by atoms with van der Waals surface area (Å²) < 4.78 is 6.31. The first-order chi connectivity index (χ1) is 14.4. The van der Waals surface area contributed by atoms with E-state index in [9.17, 15) is 20.1 Å². The van der Waals surface area contributed by atoms with Crippen LogP contribution in [0.5, 0.6) is 5.75 Å². The number of benzene rings is 1. The number of aliphatic hydroxyl groups excluding tert-OH is 2. The fourth-order valence-corrected chi connectivity index (χ4v) is 5.18. The number of carbonyl (C=O) groups is 1. The van der Waals surface area contributed by atoms with Crippen LogP contribution < -0.4 is 4.74 Å². The molecule has 30 heavy (non-hydrogen) atoms. The molecule has 1 aliphatic carbocycles. The van der Waals surface area contributed by atoms with Crippen LogP contribution in [0.1, 0.15) is 73.9 Å². The van der Waals surface area contributed by atoms with Gasteiger partial charge in [-0.2, -0.15) is 0 Å². The molecule has 5 nitrogen and oxygen atoms in total. The van der Waals surface area contributed by atoms with Gasteiger partial charge >= 0.3 is 5.97 Å². The maximum absolute atomic E-state index is 11.5. The number of fused-ring (bicyclic) bond motifs is 2. The lowest BCUT2D eigenvalue weighted by atomic mass is 9.86. The molecule has 1 heterocycles. The van der Waals surface area contributed by atoms with Crippen molar-refractivity contribution in [3.05, 3.63) is 41.0 Å². The SMILES string of the molecule is CCCC[C@@H](CC)C(O)/C=C/[C@@H]1[C@H]2CCc3ccc(C(=O)O)c(C)c3O[C@H]2C[C@H]1O. The lowest BCUT2D eigenvalue weighted by Crippen LogP contribution is -2.25. The van der Waals surface area contributed by atoms with Crippen LogP contribution in [0.15, 0.2) is 24.3 Å². The number of carboxylic acids is 1. The van der Waals surface area contributed by atoms with Crippen molar-refractivity contribution in [2.45, 2.75) is 84.0 Å². The predicted octanol–water partition coefficient (Wildman–Crippen LogP) is 4.52. The Bertz CT molecular complexity index is 771. The zero-order chi connectivity index (χ0) is 21.8. The second kappa shape index (κ2) is 9.97. The van der Waals surface area contributed by atoms with Crippen LogP contribution >= 0.6 is 0 Å². The average molecular weight is 417 g/mol. The Morgan fingerprint density at radius 2 is 2.10 bits per heavy atom. The first-order valence-corrected chi connectivity index (χ1v) is 11.4. The van der Waals surface area contributed by atoms with E-state index in [0.29, 0.717) is 17.7 Å². The number of aromatic carboxylic acids is 1. The molecule has 1 unspecified atom stereocenters. The molecular formula is C25H36O5. The summed E-state index contributed by atoms with van der Waals surface area (Å²) in [5, 5.41) is 30.8. The second-order valence-corrected chi connectivity index (χ2v) is 8.96. The Kier molecular flexibility index (Phi) is 7.59. The maximum Gasteiger partial charge on any atom is 0.336 e. The third kappa shape index (κ3) is 4.73. The highest BCUT2D eigenvalue weighted by molar-refractivity contribution is 5.90. The monoisotopic (exact) mass is 416 g/mol. The summed E-state index contributed by atoms with van der Waals surface area (Å²) in [6, 6.07) is 3.52. The number of aryl methyl sites for hydroxylation is 1. The minimum atomic E-state index is -0.950. The van der Waals surface area contributed by atoms with Gasteiger partial charge in [0.15, 0.2) is 0 Å². The Morgan fingerprint density at radius 1 is 1.33 bits per heavy atom. The van der Waals surface area contributed by atoms with Crippen LogP contribution in [0.2, 0.25) is 0 Å². The quantitative estimate of drug-likeness (QED) is 0.543. The standard InChI is InChI=1S/C25H36O5/c1-4-6-7-16(5-2)21(26)13-12-19-20-11-9-17-8-10-18(25(28)29)15(3)24(17)30-23(20)14-22(19)27/h8,10,12-13,16,19-23,26-27H,4-7,9,11,14H2,1-3H3,(H,28,29)/b13-12+/t16-,19-,20-,21?,22-,23+/m1/s1. The molecule has 2 aliphatic rings. The van der Waals surface area contributed by atoms with Crippen molar-refractivity contribution in [1.82, 2.24) is 0 Å². The molecule has 6 atom stereocenters. The lowest BCUT2D eigenvalue weighted by molar-refractivity contribution is 0.0694. The van der Waals surface area contributed by atoms with E-state index in [1.807, 2.05) is 18.2 Å². The minimum Gasteiger partial charge on any atom is -0.489 e. The van der Waals surface area contributed by atoms with E-state index < -0.39 is 18.2 Å². The molecule has 166 valence electrons. The third-order valence-corrected chi connectivity index (χ3v) is 7.09. The zero-order valence-corrected chi connectivity index (χ0v) is 18.4. The number of hydrogen-bond donors (Lipinski definition) is 3. The van der Waals surface area contributed by atoms with Gasteiger partial charge in [-0.15, -0.1) is 0 Å². The Morgan fingerprint density at radius 3 is 2.77 bits per heavy atom. The van der Waals surface area contributed by atoms with Crippen molar-refractivity contribution < 1.29 is 24.9 Å². The van der Waals surface area contributed by atoms with E-state index >= 15 is 0 Å². The number of carboxylic acid groups (broad SMARTS) is 1. The summed E-state index contributed by atoms with van der Waals surface area (Å²) >= 11 is 0. The van der Waals surface area contributed by atoms with E-state index in [0.717, 1.165) is 44.1 Å². The van der Waals surface area contributed by atoms with E-state index in [1.165, 1.54) is 0 Å². The first kappa shape index (κ1) is 22.8. The summed E-state index contributed by atoms with van der Waals surface area (Å²) in [6.45, 7) is 6.07. The predicted molar refractivity (Wildman–Crippen MR) is 117 cm³/mol. The van der Waals surface area contributed by atoms with Gasteiger partial charge < -0.3 is 20.1 Å². The second-order valence-electron chi connectivity index (χ2n) is 8.96. The highest BCUT2D eigenvalue weighted by Crippen LogP contribution is 2.44. The van der Waals surface area contributed by atoms with Crippen LogP contribution in [0, 0.1) is 24.7 Å². The third-order valence-electron chi connectivity index (χ3n) is 7.09. The summed E-state index contributed by atoms with van der Waals surface area (Å²) in [5.41, 5.74) is 1.96. The van der Waals surface area contributed by atoms with Crippen molar-refractivity contribution in [3.63, 3.8) is 0 Å². The Labute approximate surface area is 179 Å². The van der Waals surface area contributed by atoms with E-state index in [4.69, 9.17) is 4.74 Å². The molecular weight excluding hydrogens is 380 g/mol. The zero-order valence-electron chi connectivity index (χ0n) is 18.4. The van der Waals surface area contributed by atoms with E-state index in [2.05, 4.69) is 13.8 Å². The number of rotatable bonds is 8. The molecule has 0 aromatic heterocycles. The molecule has 0 saturated heterocycles. The smallest absolute Gasteiger partial charge is 0.336 e. The van der Waals surface area contributed by atoms with Gasteiger partial charge in [-0.3, -0.25) is 0 Å². The molecule has 1 fully saturated rings. The molecule has 1 aliphatic heterocycles. The molecule has 0 radical (unpaired) electrons. The molecule has 0 amide bonds. The van der Waals surface area contributed by atoms with Gasteiger partial charge in [0.05, 0.1) is 17.8 Å². The van der Waals surface area contributed by atoms with Crippen molar-refractivity contribution in [3.8, 4) is 5.75 Å². The number of ether oxygens (including phenoxy) is 1. The highest BCUT2D eigenvalue weighted by Gasteiger charge is 2.44. The number of unbranched alkanes of at least 4 members (excludes halogenated alkanes) is 1. The topological polar surface area (TPSA) is 87.0 Å². The highest BCUT2D eigenvalue weighted by atomic mass is 16.5. The molecule has 3 rings (SSSR count). The molecule has 1 aromatic rings. The number of hydrogen-bond acceptors (Lipinski definition) is 4. The largest absolute Gasteiger partial charge is 0.489 e. The summed E-state index contributed by atoms with van der Waals surface area (Å²) in [5.74, 6) is 0.0720. The van der Waals surface area contributed by atoms with Crippen molar-refractivity contribution >= 4 is 5.97 Å². The normalized spacial score (nSPS) is 27.8. The molecule has 3 N–H and O–H groups in total. The fourth-order valence-electron chi connectivity index (χ4n) is 5.18. The molecule has 1 saturated carbocycles. The summed E-state index contributed by atoms with van der Waals surface area (Å²) in [4.78, 5) is 11.5. The van der Waals surface area contributed by atoms with E-state index in [-0.39, 0.29) is 29.4 Å². The Balaban J connectivity index is 1.75. The Hall–Kier alpha value is -1.85. The van der Waals surface area contributed by atoms with Gasteiger partial charge in [0.2, 0.25) is 0 Å². The van der Waals surface area contributed by atoms with Gasteiger partial charge in [0.25, 0.3) is 0 Å².